The van der Waals surface area contributed by atoms with E-state index in [0.717, 1.165) is 5.82 Å². The predicted octanol–water partition coefficient (Wildman–Crippen LogP) is 1.61. The van der Waals surface area contributed by atoms with Gasteiger partial charge in [0.25, 0.3) is 5.91 Å². The number of hydrogen-bond acceptors (Lipinski definition) is 7. The first-order valence-corrected chi connectivity index (χ1v) is 7.47. The molecule has 0 atom stereocenters. The number of ether oxygens (including phenoxy) is 2. The number of benzene rings is 1. The average molecular weight is 346 g/mol. The molecule has 9 nitrogen and oxygen atoms in total. The summed E-state index contributed by atoms with van der Waals surface area (Å²) in [4.78, 5) is 26.1. The Labute approximate surface area is 144 Å². The predicted molar refractivity (Wildman–Crippen MR) is 90.9 cm³/mol. The van der Waals surface area contributed by atoms with Crippen molar-refractivity contribution in [1.29, 1.82) is 0 Å². The first-order valence-electron chi connectivity index (χ1n) is 7.47. The number of nitrogens with one attached hydrogen (secondary N) is 2. The van der Waals surface area contributed by atoms with Gasteiger partial charge in [0.05, 0.1) is 12.0 Å². The lowest BCUT2D eigenvalue weighted by Gasteiger charge is -2.09. The van der Waals surface area contributed by atoms with Crippen LogP contribution < -0.4 is 20.1 Å². The summed E-state index contributed by atoms with van der Waals surface area (Å²) in [5.74, 6) is 0.804. The van der Waals surface area contributed by atoms with E-state index < -0.39 is 4.92 Å². The Kier molecular flexibility index (Phi) is 6.52. The first kappa shape index (κ1) is 18.0. The summed E-state index contributed by atoms with van der Waals surface area (Å²) in [5.41, 5.74) is -0.167. The fourth-order valence-corrected chi connectivity index (χ4v) is 1.96. The van der Waals surface area contributed by atoms with Crippen molar-refractivity contribution < 1.29 is 19.2 Å². The van der Waals surface area contributed by atoms with Crippen LogP contribution in [0.4, 0.5) is 11.5 Å². The van der Waals surface area contributed by atoms with Crippen molar-refractivity contribution in [2.45, 2.75) is 0 Å². The van der Waals surface area contributed by atoms with Gasteiger partial charge in [-0.15, -0.1) is 0 Å². The second-order valence-corrected chi connectivity index (χ2v) is 4.87. The summed E-state index contributed by atoms with van der Waals surface area (Å²) < 4.78 is 10.3. The van der Waals surface area contributed by atoms with Crippen LogP contribution in [0.1, 0.15) is 0 Å². The lowest BCUT2D eigenvalue weighted by Crippen LogP contribution is -2.32. The number of pyridine rings is 1. The van der Waals surface area contributed by atoms with Gasteiger partial charge in [-0.2, -0.15) is 0 Å². The molecule has 0 aliphatic rings. The Hall–Kier alpha value is -3.36. The number of nitrogens with zero attached hydrogens (tertiary/aromatic N) is 2. The second-order valence-electron chi connectivity index (χ2n) is 4.87. The third-order valence-corrected chi connectivity index (χ3v) is 3.14. The number of carbonyl (C=O) groups is 1. The minimum atomic E-state index is -0.552. The van der Waals surface area contributed by atoms with E-state index in [1.807, 2.05) is 18.2 Å². The summed E-state index contributed by atoms with van der Waals surface area (Å²) in [6, 6.07) is 9.55. The zero-order valence-corrected chi connectivity index (χ0v) is 13.6. The van der Waals surface area contributed by atoms with Crippen LogP contribution in [0, 0.1) is 10.1 Å². The number of carbonyl (C=O) groups excluding carboxylic acids is 1. The maximum absolute atomic E-state index is 11.7. The third-order valence-electron chi connectivity index (χ3n) is 3.14. The molecule has 0 aliphatic heterocycles. The van der Waals surface area contributed by atoms with Gasteiger partial charge >= 0.3 is 5.69 Å². The van der Waals surface area contributed by atoms with Gasteiger partial charge in [0.2, 0.25) is 5.75 Å². The summed E-state index contributed by atoms with van der Waals surface area (Å²) >= 11 is 0. The number of methoxy groups -OCH3 is 1. The maximum Gasteiger partial charge on any atom is 0.311 e. The number of hydrogen-bond donors (Lipinski definition) is 2. The third kappa shape index (κ3) is 5.65. The number of nitro benzene ring substituents is 1. The van der Waals surface area contributed by atoms with E-state index in [1.54, 1.807) is 6.20 Å². The topological polar surface area (TPSA) is 116 Å². The molecule has 2 aromatic rings. The molecule has 1 amide bonds. The molecule has 25 heavy (non-hydrogen) atoms. The number of rotatable bonds is 9. The van der Waals surface area contributed by atoms with Crippen molar-refractivity contribution in [3.63, 3.8) is 0 Å². The van der Waals surface area contributed by atoms with Crippen molar-refractivity contribution in [3.8, 4) is 11.5 Å². The van der Waals surface area contributed by atoms with E-state index in [-0.39, 0.29) is 24.0 Å². The quantitative estimate of drug-likeness (QED) is 0.402. The molecule has 0 saturated carbocycles. The molecule has 1 aromatic carbocycles. The largest absolute Gasteiger partial charge is 0.490 e. The average Bonchev–Trinajstić information content (AvgIpc) is 2.64. The van der Waals surface area contributed by atoms with Crippen molar-refractivity contribution in [2.75, 3.05) is 32.1 Å². The highest BCUT2D eigenvalue weighted by atomic mass is 16.6. The van der Waals surface area contributed by atoms with Crippen LogP contribution in [-0.4, -0.2) is 42.6 Å². The molecule has 2 N–H and O–H groups in total. The van der Waals surface area contributed by atoms with E-state index >= 15 is 0 Å². The minimum absolute atomic E-state index is 0.0717. The van der Waals surface area contributed by atoms with Gasteiger partial charge in [0, 0.05) is 31.4 Å². The summed E-state index contributed by atoms with van der Waals surface area (Å²) in [6.07, 6.45) is 1.67. The standard InChI is InChI=1S/C16H18N4O5/c1-24-14-10-12(5-6-13(14)20(22)23)25-11-16(21)19-9-8-18-15-4-2-3-7-17-15/h2-7,10H,8-9,11H2,1H3,(H,17,18)(H,19,21). The Morgan fingerprint density at radius 2 is 2.12 bits per heavy atom. The molecule has 1 heterocycles. The molecule has 0 radical (unpaired) electrons. The number of anilines is 1. The molecule has 0 fully saturated rings. The van der Waals surface area contributed by atoms with Crippen LogP contribution in [0.15, 0.2) is 42.6 Å². The molecule has 0 saturated heterocycles. The Morgan fingerprint density at radius 3 is 2.80 bits per heavy atom. The van der Waals surface area contributed by atoms with Gasteiger partial charge in [-0.25, -0.2) is 4.98 Å². The maximum atomic E-state index is 11.7. The first-order chi connectivity index (χ1) is 12.1. The van der Waals surface area contributed by atoms with Gasteiger partial charge < -0.3 is 20.1 Å². The fraction of sp³-hybridized carbons (Fsp3) is 0.250. The van der Waals surface area contributed by atoms with Crippen LogP contribution in [0.3, 0.4) is 0 Å². The Balaban J connectivity index is 1.73. The lowest BCUT2D eigenvalue weighted by atomic mass is 10.3. The van der Waals surface area contributed by atoms with Crippen LogP contribution in [0.25, 0.3) is 0 Å². The van der Waals surface area contributed by atoms with E-state index in [9.17, 15) is 14.9 Å². The van der Waals surface area contributed by atoms with E-state index in [2.05, 4.69) is 15.6 Å². The zero-order chi connectivity index (χ0) is 18.1. The molecule has 0 aliphatic carbocycles. The molecule has 0 bridgehead atoms. The van der Waals surface area contributed by atoms with Gasteiger partial charge in [-0.3, -0.25) is 14.9 Å². The van der Waals surface area contributed by atoms with Crippen LogP contribution >= 0.6 is 0 Å². The van der Waals surface area contributed by atoms with Crippen LogP contribution in [0.2, 0.25) is 0 Å². The molecule has 0 spiro atoms. The molecule has 1 aromatic heterocycles. The fourth-order valence-electron chi connectivity index (χ4n) is 1.96. The van der Waals surface area contributed by atoms with Gasteiger partial charge in [-0.05, 0) is 18.2 Å². The number of nitro groups is 1. The van der Waals surface area contributed by atoms with Crippen molar-refractivity contribution >= 4 is 17.4 Å². The van der Waals surface area contributed by atoms with E-state index in [0.29, 0.717) is 18.8 Å². The monoisotopic (exact) mass is 346 g/mol. The van der Waals surface area contributed by atoms with E-state index in [4.69, 9.17) is 9.47 Å². The molecule has 132 valence electrons. The highest BCUT2D eigenvalue weighted by molar-refractivity contribution is 5.77. The van der Waals surface area contributed by atoms with Gasteiger partial charge in [-0.1, -0.05) is 6.07 Å². The van der Waals surface area contributed by atoms with Crippen molar-refractivity contribution in [1.82, 2.24) is 10.3 Å². The van der Waals surface area contributed by atoms with E-state index in [1.165, 1.54) is 25.3 Å². The molecule has 9 heteroatoms. The summed E-state index contributed by atoms with van der Waals surface area (Å²) in [6.45, 7) is 0.723. The Morgan fingerprint density at radius 1 is 1.28 bits per heavy atom. The van der Waals surface area contributed by atoms with Crippen molar-refractivity contribution in [2.24, 2.45) is 0 Å². The van der Waals surface area contributed by atoms with Gasteiger partial charge in [0.15, 0.2) is 6.61 Å². The smallest absolute Gasteiger partial charge is 0.311 e. The van der Waals surface area contributed by atoms with Crippen LogP contribution in [0.5, 0.6) is 11.5 Å². The molecular formula is C16H18N4O5. The van der Waals surface area contributed by atoms with Crippen LogP contribution in [-0.2, 0) is 4.79 Å². The summed E-state index contributed by atoms with van der Waals surface area (Å²) in [5, 5.41) is 16.6. The zero-order valence-electron chi connectivity index (χ0n) is 13.6. The second kappa shape index (κ2) is 9.06. The number of aromatic nitrogens is 1. The van der Waals surface area contributed by atoms with Crippen molar-refractivity contribution in [3.05, 3.63) is 52.7 Å². The highest BCUT2D eigenvalue weighted by Gasteiger charge is 2.15. The minimum Gasteiger partial charge on any atom is -0.490 e. The summed E-state index contributed by atoms with van der Waals surface area (Å²) in [7, 11) is 1.33. The molecule has 2 rings (SSSR count). The molecule has 0 unspecified atom stereocenters. The molecular weight excluding hydrogens is 328 g/mol. The SMILES string of the molecule is COc1cc(OCC(=O)NCCNc2ccccn2)ccc1[N+](=O)[O-]. The highest BCUT2D eigenvalue weighted by Crippen LogP contribution is 2.30. The lowest BCUT2D eigenvalue weighted by molar-refractivity contribution is -0.385. The number of amides is 1. The Bertz CT molecular complexity index is 724. The normalized spacial score (nSPS) is 9.96. The van der Waals surface area contributed by atoms with Gasteiger partial charge in [0.1, 0.15) is 11.6 Å².